The second-order valence-corrected chi connectivity index (χ2v) is 12.1. The molecule has 2 aliphatic rings. The van der Waals surface area contributed by atoms with Crippen LogP contribution in [0, 0.1) is 5.92 Å². The van der Waals surface area contributed by atoms with Crippen molar-refractivity contribution in [3.05, 3.63) is 101 Å². The van der Waals surface area contributed by atoms with Gasteiger partial charge in [-0.05, 0) is 61.8 Å². The molecule has 1 unspecified atom stereocenters. The van der Waals surface area contributed by atoms with Crippen LogP contribution in [-0.2, 0) is 13.1 Å². The van der Waals surface area contributed by atoms with E-state index >= 15 is 0 Å². The average Bonchev–Trinajstić information content (AvgIpc) is 3.49. The number of rotatable bonds is 11. The molecule has 6 rings (SSSR count). The molecule has 2 fully saturated rings. The molecule has 1 aromatic heterocycles. The fourth-order valence-corrected chi connectivity index (χ4v) is 7.33. The highest BCUT2D eigenvalue weighted by atomic mass is 35.5. The second kappa shape index (κ2) is 12.7. The number of hydrogen-bond acceptors (Lipinski definition) is 4. The number of aryl methyl sites for hydroxylation is 1. The molecule has 2 bridgehead atoms. The number of carbonyl (C=O) groups is 2. The first-order valence-corrected chi connectivity index (χ1v) is 15.4. The smallest absolute Gasteiger partial charge is 0.253 e. The molecule has 0 spiro atoms. The summed E-state index contributed by atoms with van der Waals surface area (Å²) in [6.45, 7) is 2.22. The first kappa shape index (κ1) is 28.5. The number of para-hydroxylation sites is 1. The predicted molar refractivity (Wildman–Crippen MR) is 167 cm³/mol. The summed E-state index contributed by atoms with van der Waals surface area (Å²) in [6, 6.07) is 24.2. The summed E-state index contributed by atoms with van der Waals surface area (Å²) < 4.78 is 7.89. The fourth-order valence-electron chi connectivity index (χ4n) is 7.12. The highest BCUT2D eigenvalue weighted by Crippen LogP contribution is 2.40. The van der Waals surface area contributed by atoms with Gasteiger partial charge in [0.15, 0.2) is 5.78 Å². The lowest BCUT2D eigenvalue weighted by Gasteiger charge is -2.39. The third-order valence-corrected chi connectivity index (χ3v) is 9.27. The SMILES string of the molecule is COc1cccc2c(C(=O)NCc3cccc(Cl)c3)cn(CCCN3[C@@H]4CC[C@H]3CC(CC(=O)c3ccccc3)C4)c12. The van der Waals surface area contributed by atoms with Gasteiger partial charge in [-0.1, -0.05) is 66.2 Å². The summed E-state index contributed by atoms with van der Waals surface area (Å²) >= 11 is 6.12. The highest BCUT2D eigenvalue weighted by Gasteiger charge is 2.40. The van der Waals surface area contributed by atoms with E-state index < -0.39 is 0 Å². The molecule has 7 heteroatoms. The van der Waals surface area contributed by atoms with E-state index in [0.29, 0.717) is 41.6 Å². The van der Waals surface area contributed by atoms with Crippen molar-refractivity contribution in [3.63, 3.8) is 0 Å². The number of hydrogen-bond donors (Lipinski definition) is 1. The maximum absolute atomic E-state index is 13.3. The summed E-state index contributed by atoms with van der Waals surface area (Å²) in [5.41, 5.74) is 3.39. The van der Waals surface area contributed by atoms with Crippen LogP contribution in [0.25, 0.3) is 10.9 Å². The molecule has 2 saturated heterocycles. The highest BCUT2D eigenvalue weighted by molar-refractivity contribution is 6.30. The number of aromatic nitrogens is 1. The van der Waals surface area contributed by atoms with Crippen LogP contribution in [-0.4, -0.2) is 46.9 Å². The van der Waals surface area contributed by atoms with Gasteiger partial charge in [0.1, 0.15) is 5.75 Å². The van der Waals surface area contributed by atoms with Crippen LogP contribution < -0.4 is 10.1 Å². The number of methoxy groups -OCH3 is 1. The molecule has 3 aromatic carbocycles. The van der Waals surface area contributed by atoms with Crippen molar-refractivity contribution >= 4 is 34.2 Å². The lowest BCUT2D eigenvalue weighted by Crippen LogP contribution is -2.43. The van der Waals surface area contributed by atoms with E-state index in [-0.39, 0.29) is 11.7 Å². The van der Waals surface area contributed by atoms with Crippen molar-refractivity contribution in [3.8, 4) is 5.75 Å². The normalized spacial score (nSPS) is 20.1. The largest absolute Gasteiger partial charge is 0.495 e. The Morgan fingerprint density at radius 2 is 1.71 bits per heavy atom. The average molecular weight is 584 g/mol. The number of fused-ring (bicyclic) bond motifs is 3. The fraction of sp³-hybridized carbons (Fsp3) is 0.371. The number of halogens is 1. The zero-order chi connectivity index (χ0) is 29.1. The van der Waals surface area contributed by atoms with Crippen LogP contribution in [0.2, 0.25) is 5.02 Å². The molecule has 1 amide bonds. The molecule has 0 radical (unpaired) electrons. The minimum atomic E-state index is -0.114. The molecule has 1 N–H and O–H groups in total. The van der Waals surface area contributed by atoms with Crippen LogP contribution in [0.15, 0.2) is 79.0 Å². The second-order valence-electron chi connectivity index (χ2n) is 11.7. The zero-order valence-electron chi connectivity index (χ0n) is 24.1. The summed E-state index contributed by atoms with van der Waals surface area (Å²) in [7, 11) is 1.68. The maximum Gasteiger partial charge on any atom is 0.253 e. The molecule has 6 nitrogen and oxygen atoms in total. The Kier molecular flexibility index (Phi) is 8.63. The molecule has 2 aliphatic heterocycles. The first-order valence-electron chi connectivity index (χ1n) is 15.0. The van der Waals surface area contributed by atoms with Gasteiger partial charge in [0, 0.05) is 60.3 Å². The van der Waals surface area contributed by atoms with Crippen LogP contribution in [0.3, 0.4) is 0 Å². The van der Waals surface area contributed by atoms with Gasteiger partial charge in [-0.25, -0.2) is 0 Å². The van der Waals surface area contributed by atoms with E-state index in [9.17, 15) is 9.59 Å². The third-order valence-electron chi connectivity index (χ3n) is 9.04. The molecule has 0 aliphatic carbocycles. The van der Waals surface area contributed by atoms with Gasteiger partial charge >= 0.3 is 0 Å². The number of Topliss-reactive ketones (excluding diaryl/α,β-unsaturated/α-hetero) is 1. The maximum atomic E-state index is 13.3. The Hall–Kier alpha value is -3.61. The summed E-state index contributed by atoms with van der Waals surface area (Å²) in [5, 5.41) is 4.60. The van der Waals surface area contributed by atoms with E-state index in [1.165, 1.54) is 12.8 Å². The van der Waals surface area contributed by atoms with Crippen LogP contribution in [0.1, 0.15) is 64.8 Å². The van der Waals surface area contributed by atoms with Gasteiger partial charge in [-0.2, -0.15) is 0 Å². The Labute approximate surface area is 252 Å². The number of nitrogens with one attached hydrogen (secondary N) is 1. The Balaban J connectivity index is 1.10. The van der Waals surface area contributed by atoms with Gasteiger partial charge in [-0.15, -0.1) is 0 Å². The molecule has 3 atom stereocenters. The van der Waals surface area contributed by atoms with Crippen LogP contribution in [0.5, 0.6) is 5.75 Å². The third kappa shape index (κ3) is 6.11. The van der Waals surface area contributed by atoms with Crippen LogP contribution >= 0.6 is 11.6 Å². The van der Waals surface area contributed by atoms with E-state index in [4.69, 9.17) is 16.3 Å². The zero-order valence-corrected chi connectivity index (χ0v) is 24.9. The molecule has 218 valence electrons. The topological polar surface area (TPSA) is 63.6 Å². The number of ether oxygens (including phenoxy) is 1. The lowest BCUT2D eigenvalue weighted by molar-refractivity contribution is 0.0807. The van der Waals surface area contributed by atoms with Crippen LogP contribution in [0.4, 0.5) is 0 Å². The summed E-state index contributed by atoms with van der Waals surface area (Å²) in [6.07, 6.45) is 8.25. The molecule has 42 heavy (non-hydrogen) atoms. The Bertz CT molecular complexity index is 1550. The van der Waals surface area contributed by atoms with Gasteiger partial charge < -0.3 is 14.6 Å². The number of carbonyl (C=O) groups excluding carboxylic acids is 2. The van der Waals surface area contributed by atoms with Crippen molar-refractivity contribution < 1.29 is 14.3 Å². The Morgan fingerprint density at radius 3 is 2.45 bits per heavy atom. The predicted octanol–water partition coefficient (Wildman–Crippen LogP) is 7.14. The van der Waals surface area contributed by atoms with Crippen molar-refractivity contribution in [2.75, 3.05) is 13.7 Å². The minimum absolute atomic E-state index is 0.114. The first-order chi connectivity index (χ1) is 20.5. The minimum Gasteiger partial charge on any atom is -0.495 e. The van der Waals surface area contributed by atoms with Crippen molar-refractivity contribution in [1.82, 2.24) is 14.8 Å². The van der Waals surface area contributed by atoms with E-state index in [2.05, 4.69) is 14.8 Å². The summed E-state index contributed by atoms with van der Waals surface area (Å²) in [4.78, 5) is 28.8. The molecule has 3 heterocycles. The molecule has 0 saturated carbocycles. The van der Waals surface area contributed by atoms with E-state index in [0.717, 1.165) is 60.1 Å². The van der Waals surface area contributed by atoms with Gasteiger partial charge in [0.2, 0.25) is 0 Å². The van der Waals surface area contributed by atoms with Gasteiger partial charge in [-0.3, -0.25) is 14.5 Å². The quantitative estimate of drug-likeness (QED) is 0.191. The Morgan fingerprint density at radius 1 is 0.952 bits per heavy atom. The van der Waals surface area contributed by atoms with E-state index in [1.807, 2.05) is 79.0 Å². The monoisotopic (exact) mass is 583 g/mol. The van der Waals surface area contributed by atoms with Gasteiger partial charge in [0.05, 0.1) is 18.2 Å². The number of piperidine rings is 1. The van der Waals surface area contributed by atoms with E-state index in [1.54, 1.807) is 7.11 Å². The molecular formula is C35H38ClN3O3. The van der Waals surface area contributed by atoms with Crippen molar-refractivity contribution in [1.29, 1.82) is 0 Å². The number of nitrogens with zero attached hydrogens (tertiary/aromatic N) is 2. The number of benzene rings is 3. The number of amides is 1. The molecular weight excluding hydrogens is 546 g/mol. The van der Waals surface area contributed by atoms with Crippen molar-refractivity contribution in [2.45, 2.75) is 63.7 Å². The lowest BCUT2D eigenvalue weighted by atomic mass is 9.85. The molecule has 4 aromatic rings. The van der Waals surface area contributed by atoms with Gasteiger partial charge in [0.25, 0.3) is 5.91 Å². The van der Waals surface area contributed by atoms with Crippen molar-refractivity contribution in [2.24, 2.45) is 5.92 Å². The standard InChI is InChI=1S/C35H38ClN3O3/c1-42-33-13-6-12-30-31(35(41)37-22-24-8-5-11-27(36)18-24)23-38(34(30)33)16-7-17-39-28-14-15-29(39)20-25(19-28)21-32(40)26-9-3-2-4-10-26/h2-6,8-13,18,23,25,28-29H,7,14-17,19-22H2,1H3,(H,37,41)/t25?,28-,29+. The number of ketones is 1. The summed E-state index contributed by atoms with van der Waals surface area (Å²) in [5.74, 6) is 1.40.